The Hall–Kier alpha value is -1.34. The van der Waals surface area contributed by atoms with Gasteiger partial charge in [-0.3, -0.25) is 0 Å². The van der Waals surface area contributed by atoms with Crippen LogP contribution in [0.2, 0.25) is 0 Å². The number of carbonyl (C=O) groups excluding carboxylic acids is 1. The highest BCUT2D eigenvalue weighted by Gasteiger charge is 2.32. The van der Waals surface area contributed by atoms with Gasteiger partial charge in [0, 0.05) is 0 Å². The Morgan fingerprint density at radius 3 is 2.58 bits per heavy atom. The van der Waals surface area contributed by atoms with Crippen LogP contribution >= 0.6 is 0 Å². The average molecular weight is 274 g/mol. The zero-order chi connectivity index (χ0) is 14.6. The molecule has 1 heterocycles. The molecule has 0 aromatic heterocycles. The van der Waals surface area contributed by atoms with Crippen LogP contribution in [0.1, 0.15) is 20.8 Å². The molecule has 0 aliphatic carbocycles. The van der Waals surface area contributed by atoms with Crippen molar-refractivity contribution in [2.75, 3.05) is 19.8 Å². The van der Waals surface area contributed by atoms with E-state index < -0.39 is 24.1 Å². The third-order valence-electron chi connectivity index (χ3n) is 3.18. The standard InChI is InChI=1S/C12H22N2O5/c1-7(2)10(11(16)17)13-12(18)14-4-9(5-15)19-6-8(14)3/h7-10,15H,4-6H2,1-3H3,(H,13,18)(H,16,17)/t8?,9?,10-/m0/s1. The summed E-state index contributed by atoms with van der Waals surface area (Å²) < 4.78 is 5.33. The summed E-state index contributed by atoms with van der Waals surface area (Å²) in [5.74, 6) is -1.26. The molecule has 1 rings (SSSR count). The lowest BCUT2D eigenvalue weighted by molar-refractivity contribution is -0.140. The molecule has 0 saturated carbocycles. The summed E-state index contributed by atoms with van der Waals surface area (Å²) in [6.45, 7) is 5.71. The number of aliphatic carboxylic acids is 1. The van der Waals surface area contributed by atoms with E-state index in [1.165, 1.54) is 4.90 Å². The molecule has 2 unspecified atom stereocenters. The van der Waals surface area contributed by atoms with Gasteiger partial charge < -0.3 is 25.2 Å². The zero-order valence-corrected chi connectivity index (χ0v) is 11.5. The van der Waals surface area contributed by atoms with Crippen LogP contribution in [0.3, 0.4) is 0 Å². The monoisotopic (exact) mass is 274 g/mol. The Bertz CT molecular complexity index is 334. The molecule has 7 heteroatoms. The van der Waals surface area contributed by atoms with Crippen molar-refractivity contribution in [3.63, 3.8) is 0 Å². The Kier molecular flexibility index (Phi) is 5.56. The molecule has 3 atom stereocenters. The predicted molar refractivity (Wildman–Crippen MR) is 67.8 cm³/mol. The summed E-state index contributed by atoms with van der Waals surface area (Å²) in [5.41, 5.74) is 0. The molecule has 7 nitrogen and oxygen atoms in total. The fourth-order valence-electron chi connectivity index (χ4n) is 1.94. The zero-order valence-electron chi connectivity index (χ0n) is 11.5. The molecule has 3 N–H and O–H groups in total. The first-order chi connectivity index (χ1) is 8.86. The number of urea groups is 1. The maximum Gasteiger partial charge on any atom is 0.326 e. The van der Waals surface area contributed by atoms with E-state index in [9.17, 15) is 9.59 Å². The van der Waals surface area contributed by atoms with Crippen molar-refractivity contribution in [1.82, 2.24) is 10.2 Å². The number of rotatable bonds is 4. The molecular formula is C12H22N2O5. The van der Waals surface area contributed by atoms with E-state index >= 15 is 0 Å². The molecular weight excluding hydrogens is 252 g/mol. The summed E-state index contributed by atoms with van der Waals surface area (Å²) in [5, 5.41) is 20.6. The topological polar surface area (TPSA) is 99.1 Å². The maximum absolute atomic E-state index is 12.1. The molecule has 0 radical (unpaired) electrons. The molecule has 0 aromatic carbocycles. The molecule has 1 fully saturated rings. The smallest absolute Gasteiger partial charge is 0.326 e. The van der Waals surface area contributed by atoms with Crippen LogP contribution in [-0.4, -0.2) is 65.1 Å². The minimum atomic E-state index is -1.05. The summed E-state index contributed by atoms with van der Waals surface area (Å²) in [6.07, 6.45) is -0.413. The number of carboxylic acid groups (broad SMARTS) is 1. The number of ether oxygens (including phenoxy) is 1. The quantitative estimate of drug-likeness (QED) is 0.664. The van der Waals surface area contributed by atoms with Crippen molar-refractivity contribution >= 4 is 12.0 Å². The second-order valence-electron chi connectivity index (χ2n) is 5.15. The van der Waals surface area contributed by atoms with Crippen LogP contribution in [0, 0.1) is 5.92 Å². The minimum Gasteiger partial charge on any atom is -0.480 e. The van der Waals surface area contributed by atoms with Gasteiger partial charge in [0.05, 0.1) is 31.9 Å². The van der Waals surface area contributed by atoms with E-state index in [-0.39, 0.29) is 25.1 Å². The van der Waals surface area contributed by atoms with Gasteiger partial charge in [-0.25, -0.2) is 9.59 Å². The highest BCUT2D eigenvalue weighted by atomic mass is 16.5. The van der Waals surface area contributed by atoms with E-state index in [0.717, 1.165) is 0 Å². The first kappa shape index (κ1) is 15.7. The van der Waals surface area contributed by atoms with Crippen molar-refractivity contribution < 1.29 is 24.5 Å². The molecule has 1 saturated heterocycles. The predicted octanol–water partition coefficient (Wildman–Crippen LogP) is -0.113. The largest absolute Gasteiger partial charge is 0.480 e. The summed E-state index contributed by atoms with van der Waals surface area (Å²) >= 11 is 0. The van der Waals surface area contributed by atoms with Gasteiger partial charge in [-0.1, -0.05) is 13.8 Å². The molecule has 2 amide bonds. The van der Waals surface area contributed by atoms with E-state index in [2.05, 4.69) is 5.32 Å². The van der Waals surface area contributed by atoms with Gasteiger partial charge in [0.25, 0.3) is 0 Å². The van der Waals surface area contributed by atoms with Gasteiger partial charge in [0.2, 0.25) is 0 Å². The third kappa shape index (κ3) is 4.07. The third-order valence-corrected chi connectivity index (χ3v) is 3.18. The van der Waals surface area contributed by atoms with Gasteiger partial charge in [-0.15, -0.1) is 0 Å². The van der Waals surface area contributed by atoms with Gasteiger partial charge >= 0.3 is 12.0 Å². The number of nitrogens with zero attached hydrogens (tertiary/aromatic N) is 1. The SMILES string of the molecule is CC(C)[C@H](NC(=O)N1CC(CO)OCC1C)C(=O)O. The van der Waals surface area contributed by atoms with E-state index in [1.54, 1.807) is 13.8 Å². The highest BCUT2D eigenvalue weighted by Crippen LogP contribution is 2.12. The molecule has 19 heavy (non-hydrogen) atoms. The lowest BCUT2D eigenvalue weighted by Gasteiger charge is -2.38. The van der Waals surface area contributed by atoms with Crippen molar-refractivity contribution in [3.8, 4) is 0 Å². The number of carbonyl (C=O) groups is 2. The number of carboxylic acids is 1. The lowest BCUT2D eigenvalue weighted by atomic mass is 10.1. The number of amides is 2. The second-order valence-corrected chi connectivity index (χ2v) is 5.15. The van der Waals surface area contributed by atoms with Crippen LogP contribution in [-0.2, 0) is 9.53 Å². The number of nitrogens with one attached hydrogen (secondary N) is 1. The van der Waals surface area contributed by atoms with Crippen molar-refractivity contribution in [2.45, 2.75) is 39.0 Å². The molecule has 110 valence electrons. The first-order valence-electron chi connectivity index (χ1n) is 6.39. The summed E-state index contributed by atoms with van der Waals surface area (Å²) in [4.78, 5) is 24.7. The number of hydrogen-bond acceptors (Lipinski definition) is 4. The van der Waals surface area contributed by atoms with Crippen molar-refractivity contribution in [1.29, 1.82) is 0 Å². The second kappa shape index (κ2) is 6.72. The lowest BCUT2D eigenvalue weighted by Crippen LogP contribution is -2.58. The Morgan fingerprint density at radius 2 is 2.11 bits per heavy atom. The number of aliphatic hydroxyl groups is 1. The van der Waals surface area contributed by atoms with Gasteiger partial charge in [0.1, 0.15) is 6.04 Å². The number of hydrogen-bond donors (Lipinski definition) is 3. The average Bonchev–Trinajstić information content (AvgIpc) is 2.35. The number of morpholine rings is 1. The molecule has 1 aliphatic rings. The Labute approximate surface area is 112 Å². The molecule has 0 spiro atoms. The first-order valence-corrected chi connectivity index (χ1v) is 6.39. The Morgan fingerprint density at radius 1 is 1.47 bits per heavy atom. The van der Waals surface area contributed by atoms with Crippen LogP contribution in [0.25, 0.3) is 0 Å². The van der Waals surface area contributed by atoms with Crippen LogP contribution in [0.15, 0.2) is 0 Å². The highest BCUT2D eigenvalue weighted by molar-refractivity contribution is 5.83. The molecule has 0 aromatic rings. The van der Waals surface area contributed by atoms with Crippen LogP contribution < -0.4 is 5.32 Å². The van der Waals surface area contributed by atoms with Gasteiger partial charge in [0.15, 0.2) is 0 Å². The van der Waals surface area contributed by atoms with Crippen LogP contribution in [0.4, 0.5) is 4.79 Å². The van der Waals surface area contributed by atoms with Crippen molar-refractivity contribution in [2.24, 2.45) is 5.92 Å². The minimum absolute atomic E-state index is 0.149. The Balaban J connectivity index is 2.67. The van der Waals surface area contributed by atoms with E-state index in [4.69, 9.17) is 14.9 Å². The van der Waals surface area contributed by atoms with Crippen molar-refractivity contribution in [3.05, 3.63) is 0 Å². The van der Waals surface area contributed by atoms with Crippen LogP contribution in [0.5, 0.6) is 0 Å². The molecule has 0 bridgehead atoms. The summed E-state index contributed by atoms with van der Waals surface area (Å²) in [6, 6.07) is -1.50. The fourth-order valence-corrected chi connectivity index (χ4v) is 1.94. The van der Waals surface area contributed by atoms with E-state index in [0.29, 0.717) is 6.61 Å². The fraction of sp³-hybridized carbons (Fsp3) is 0.833. The molecule has 1 aliphatic heterocycles. The van der Waals surface area contributed by atoms with Gasteiger partial charge in [-0.2, -0.15) is 0 Å². The maximum atomic E-state index is 12.1. The number of aliphatic hydroxyl groups excluding tert-OH is 1. The van der Waals surface area contributed by atoms with E-state index in [1.807, 2.05) is 6.92 Å². The summed E-state index contributed by atoms with van der Waals surface area (Å²) in [7, 11) is 0. The normalized spacial score (nSPS) is 25.2. The van der Waals surface area contributed by atoms with Gasteiger partial charge in [-0.05, 0) is 12.8 Å².